The maximum atomic E-state index is 12.1. The summed E-state index contributed by atoms with van der Waals surface area (Å²) >= 11 is 4.84. The number of hydrogen-bond donors (Lipinski definition) is 1. The summed E-state index contributed by atoms with van der Waals surface area (Å²) in [6.07, 6.45) is 5.20. The maximum Gasteiger partial charge on any atom is 0.250 e. The number of anilines is 1. The molecule has 0 unspecified atom stereocenters. The van der Waals surface area contributed by atoms with Crippen LogP contribution in [-0.2, 0) is 4.79 Å². The summed E-state index contributed by atoms with van der Waals surface area (Å²) in [6.45, 7) is 4.25. The highest BCUT2D eigenvalue weighted by atomic mass is 79.9. The lowest BCUT2D eigenvalue weighted by atomic mass is 10.1. The van der Waals surface area contributed by atoms with Crippen LogP contribution in [0.4, 0.5) is 5.13 Å². The number of carbonyl (C=O) groups excluding carboxylic acids is 1. The molecule has 0 aliphatic carbocycles. The van der Waals surface area contributed by atoms with Crippen molar-refractivity contribution < 1.29 is 9.53 Å². The number of nitrogens with zero attached hydrogens (tertiary/aromatic N) is 2. The van der Waals surface area contributed by atoms with E-state index in [-0.39, 0.29) is 5.91 Å². The van der Waals surface area contributed by atoms with Crippen LogP contribution in [0.3, 0.4) is 0 Å². The predicted molar refractivity (Wildman–Crippen MR) is 102 cm³/mol. The van der Waals surface area contributed by atoms with Crippen LogP contribution in [0, 0.1) is 0 Å². The molecule has 0 radical (unpaired) electrons. The topological polar surface area (TPSA) is 64.1 Å². The maximum absolute atomic E-state index is 12.1. The van der Waals surface area contributed by atoms with E-state index >= 15 is 0 Å². The Morgan fingerprint density at radius 2 is 2.12 bits per heavy atom. The van der Waals surface area contributed by atoms with Gasteiger partial charge in [-0.15, -0.1) is 10.2 Å². The van der Waals surface area contributed by atoms with Crippen molar-refractivity contribution >= 4 is 44.4 Å². The van der Waals surface area contributed by atoms with Crippen LogP contribution < -0.4 is 10.1 Å². The van der Waals surface area contributed by atoms with Gasteiger partial charge < -0.3 is 4.74 Å². The fourth-order valence-corrected chi connectivity index (χ4v) is 3.63. The van der Waals surface area contributed by atoms with Crippen molar-refractivity contribution in [2.24, 2.45) is 0 Å². The van der Waals surface area contributed by atoms with Crippen LogP contribution in [-0.4, -0.2) is 23.2 Å². The molecule has 7 heteroatoms. The lowest BCUT2D eigenvalue weighted by Crippen LogP contribution is -2.07. The van der Waals surface area contributed by atoms with E-state index in [0.29, 0.717) is 16.8 Å². The predicted octanol–water partition coefficient (Wildman–Crippen LogP) is 4.86. The zero-order valence-electron chi connectivity index (χ0n) is 13.9. The van der Waals surface area contributed by atoms with Gasteiger partial charge >= 0.3 is 0 Å². The van der Waals surface area contributed by atoms with Gasteiger partial charge in [0.25, 0.3) is 0 Å². The number of hydrogen-bond acceptors (Lipinski definition) is 5. The third-order valence-corrected chi connectivity index (χ3v) is 5.11. The first-order valence-electron chi connectivity index (χ1n) is 7.73. The van der Waals surface area contributed by atoms with Gasteiger partial charge in [-0.3, -0.25) is 10.1 Å². The Kier molecular flexibility index (Phi) is 6.93. The zero-order valence-corrected chi connectivity index (χ0v) is 16.3. The highest BCUT2D eigenvalue weighted by Crippen LogP contribution is 2.28. The van der Waals surface area contributed by atoms with Gasteiger partial charge in [-0.25, -0.2) is 0 Å². The van der Waals surface area contributed by atoms with Crippen molar-refractivity contribution in [3.8, 4) is 5.75 Å². The molecule has 2 aromatic rings. The fraction of sp³-hybridized carbons (Fsp3) is 0.353. The summed E-state index contributed by atoms with van der Waals surface area (Å²) in [5, 5.41) is 12.5. The highest BCUT2D eigenvalue weighted by molar-refractivity contribution is 9.10. The Labute approximate surface area is 154 Å². The molecule has 1 heterocycles. The van der Waals surface area contributed by atoms with Crippen LogP contribution >= 0.6 is 27.3 Å². The summed E-state index contributed by atoms with van der Waals surface area (Å²) in [4.78, 5) is 12.1. The SMILES string of the molecule is CCC(CC)c1nnc(NC(=O)/C=C/c2cc(Br)ccc2OC)s1. The van der Waals surface area contributed by atoms with Crippen LogP contribution in [0.15, 0.2) is 28.7 Å². The summed E-state index contributed by atoms with van der Waals surface area (Å²) in [7, 11) is 1.60. The van der Waals surface area contributed by atoms with Gasteiger partial charge in [-0.05, 0) is 37.1 Å². The second-order valence-electron chi connectivity index (χ2n) is 5.17. The Hall–Kier alpha value is -1.73. The minimum Gasteiger partial charge on any atom is -0.496 e. The molecule has 1 aromatic heterocycles. The molecule has 1 amide bonds. The summed E-state index contributed by atoms with van der Waals surface area (Å²) in [6, 6.07) is 5.62. The van der Waals surface area contributed by atoms with E-state index in [1.807, 2.05) is 18.2 Å². The van der Waals surface area contributed by atoms with E-state index < -0.39 is 0 Å². The van der Waals surface area contributed by atoms with Crippen LogP contribution in [0.2, 0.25) is 0 Å². The largest absolute Gasteiger partial charge is 0.496 e. The average Bonchev–Trinajstić information content (AvgIpc) is 3.02. The molecule has 2 rings (SSSR count). The number of benzene rings is 1. The number of rotatable bonds is 7. The molecule has 0 atom stereocenters. The number of carbonyl (C=O) groups is 1. The Bertz CT molecular complexity index is 726. The molecule has 24 heavy (non-hydrogen) atoms. The molecular weight excluding hydrogens is 390 g/mol. The molecule has 0 saturated heterocycles. The molecule has 1 N–H and O–H groups in total. The van der Waals surface area contributed by atoms with Crippen LogP contribution in [0.5, 0.6) is 5.75 Å². The van der Waals surface area contributed by atoms with Crippen molar-refractivity contribution in [2.45, 2.75) is 32.6 Å². The molecule has 5 nitrogen and oxygen atoms in total. The van der Waals surface area contributed by atoms with Gasteiger partial charge in [0.05, 0.1) is 7.11 Å². The number of methoxy groups -OCH3 is 1. The smallest absolute Gasteiger partial charge is 0.250 e. The molecular formula is C17H20BrN3O2S. The first-order valence-corrected chi connectivity index (χ1v) is 9.34. The number of amides is 1. The van der Waals surface area contributed by atoms with Gasteiger partial charge in [0.15, 0.2) is 0 Å². The summed E-state index contributed by atoms with van der Waals surface area (Å²) in [5.74, 6) is 0.855. The summed E-state index contributed by atoms with van der Waals surface area (Å²) < 4.78 is 6.20. The fourth-order valence-electron chi connectivity index (χ4n) is 2.24. The van der Waals surface area contributed by atoms with E-state index in [9.17, 15) is 4.79 Å². The van der Waals surface area contributed by atoms with Gasteiger partial charge in [0.2, 0.25) is 11.0 Å². The van der Waals surface area contributed by atoms with Gasteiger partial charge in [0.1, 0.15) is 10.8 Å². The van der Waals surface area contributed by atoms with Crippen molar-refractivity contribution in [3.05, 3.63) is 39.3 Å². The molecule has 0 aliphatic heterocycles. The van der Waals surface area contributed by atoms with E-state index in [0.717, 1.165) is 27.9 Å². The number of halogens is 1. The highest BCUT2D eigenvalue weighted by Gasteiger charge is 2.14. The van der Waals surface area contributed by atoms with Crippen molar-refractivity contribution in [1.82, 2.24) is 10.2 Å². The molecule has 128 valence electrons. The first-order chi connectivity index (χ1) is 11.6. The van der Waals surface area contributed by atoms with E-state index in [1.54, 1.807) is 13.2 Å². The molecule has 0 fully saturated rings. The minimum atomic E-state index is -0.246. The van der Waals surface area contributed by atoms with Crippen molar-refractivity contribution in [2.75, 3.05) is 12.4 Å². The van der Waals surface area contributed by atoms with Gasteiger partial charge in [0, 0.05) is 22.0 Å². The number of nitrogens with one attached hydrogen (secondary N) is 1. The minimum absolute atomic E-state index is 0.246. The summed E-state index contributed by atoms with van der Waals surface area (Å²) in [5.41, 5.74) is 0.817. The molecule has 0 saturated carbocycles. The second-order valence-corrected chi connectivity index (χ2v) is 7.09. The third-order valence-electron chi connectivity index (χ3n) is 3.61. The molecule has 1 aromatic carbocycles. The number of aromatic nitrogens is 2. The van der Waals surface area contributed by atoms with Gasteiger partial charge in [-0.1, -0.05) is 41.1 Å². The Morgan fingerprint density at radius 1 is 1.38 bits per heavy atom. The van der Waals surface area contributed by atoms with Gasteiger partial charge in [-0.2, -0.15) is 0 Å². The lowest BCUT2D eigenvalue weighted by molar-refractivity contribution is -0.111. The molecule has 0 aliphatic rings. The quantitative estimate of drug-likeness (QED) is 0.662. The van der Waals surface area contributed by atoms with Crippen LogP contribution in [0.1, 0.15) is 43.2 Å². The second kappa shape index (κ2) is 8.94. The van der Waals surface area contributed by atoms with Crippen LogP contribution in [0.25, 0.3) is 6.08 Å². The van der Waals surface area contributed by atoms with Crippen molar-refractivity contribution in [1.29, 1.82) is 0 Å². The third kappa shape index (κ3) is 4.88. The monoisotopic (exact) mass is 409 g/mol. The lowest BCUT2D eigenvalue weighted by Gasteiger charge is -2.05. The number of ether oxygens (including phenoxy) is 1. The average molecular weight is 410 g/mol. The zero-order chi connectivity index (χ0) is 17.5. The Balaban J connectivity index is 2.04. The first kappa shape index (κ1) is 18.6. The van der Waals surface area contributed by atoms with E-state index in [2.05, 4.69) is 45.3 Å². The molecule has 0 spiro atoms. The molecule has 0 bridgehead atoms. The van der Waals surface area contributed by atoms with Crippen molar-refractivity contribution in [3.63, 3.8) is 0 Å². The standard InChI is InChI=1S/C17H20BrN3O2S/c1-4-11(5-2)16-20-21-17(24-16)19-15(22)9-6-12-10-13(18)7-8-14(12)23-3/h6-11H,4-5H2,1-3H3,(H,19,21,22)/b9-6+. The van der Waals surface area contributed by atoms with E-state index in [4.69, 9.17) is 4.74 Å². The Morgan fingerprint density at radius 3 is 2.79 bits per heavy atom. The normalized spacial score (nSPS) is 11.2. The van der Waals surface area contributed by atoms with E-state index in [1.165, 1.54) is 17.4 Å².